The number of nitrogens with zero attached hydrogens (tertiary/aromatic N) is 1. The van der Waals surface area contributed by atoms with Crippen LogP contribution in [0, 0.1) is 5.82 Å². The molecular weight excluding hydrogens is 221 g/mol. The molecule has 0 amide bonds. The molecule has 0 saturated carbocycles. The van der Waals surface area contributed by atoms with Gasteiger partial charge >= 0.3 is 0 Å². The first-order chi connectivity index (χ1) is 8.20. The van der Waals surface area contributed by atoms with Crippen LogP contribution in [0.5, 0.6) is 0 Å². The van der Waals surface area contributed by atoms with Crippen molar-refractivity contribution in [1.82, 2.24) is 0 Å². The Morgan fingerprint density at radius 1 is 1.35 bits per heavy atom. The highest BCUT2D eigenvalue weighted by Crippen LogP contribution is 2.25. The molecule has 1 aromatic rings. The number of hydrogen-bond acceptors (Lipinski definition) is 3. The highest BCUT2D eigenvalue weighted by molar-refractivity contribution is 5.99. The van der Waals surface area contributed by atoms with Crippen molar-refractivity contribution in [1.29, 1.82) is 0 Å². The van der Waals surface area contributed by atoms with Crippen molar-refractivity contribution in [2.24, 2.45) is 0 Å². The number of benzene rings is 1. The zero-order valence-corrected chi connectivity index (χ0v) is 9.91. The number of ketones is 1. The maximum Gasteiger partial charge on any atom is 0.161 e. The first-order valence-corrected chi connectivity index (χ1v) is 5.82. The van der Waals surface area contributed by atoms with Crippen LogP contribution in [0.15, 0.2) is 18.2 Å². The van der Waals surface area contributed by atoms with Crippen LogP contribution in [-0.2, 0) is 4.74 Å². The van der Waals surface area contributed by atoms with Crippen LogP contribution < -0.4 is 4.90 Å². The molecule has 0 bridgehead atoms. The molecule has 0 spiro atoms. The smallest absolute Gasteiger partial charge is 0.161 e. The van der Waals surface area contributed by atoms with E-state index in [1.54, 1.807) is 12.1 Å². The number of hydrogen-bond donors (Lipinski definition) is 0. The van der Waals surface area contributed by atoms with E-state index in [0.717, 1.165) is 13.0 Å². The summed E-state index contributed by atoms with van der Waals surface area (Å²) in [6.07, 6.45) is 0.853. The minimum Gasteiger partial charge on any atom is -0.380 e. The molecule has 4 heteroatoms. The Morgan fingerprint density at radius 2 is 2.18 bits per heavy atom. The van der Waals surface area contributed by atoms with Gasteiger partial charge < -0.3 is 9.64 Å². The molecule has 1 saturated heterocycles. The van der Waals surface area contributed by atoms with Gasteiger partial charge in [-0.1, -0.05) is 6.07 Å². The standard InChI is InChI=1S/C13H16FNO2/c1-10(16)11-4-2-5-12(14)13(11)15-6-3-8-17-9-7-15/h2,4-5H,3,6-9H2,1H3. The number of carbonyl (C=O) groups excluding carboxylic acids is 1. The van der Waals surface area contributed by atoms with Gasteiger partial charge in [0.05, 0.1) is 12.3 Å². The summed E-state index contributed by atoms with van der Waals surface area (Å²) in [4.78, 5) is 13.4. The Kier molecular flexibility index (Phi) is 3.74. The number of carbonyl (C=O) groups is 1. The fourth-order valence-corrected chi connectivity index (χ4v) is 2.09. The van der Waals surface area contributed by atoms with Gasteiger partial charge in [0.1, 0.15) is 5.82 Å². The highest BCUT2D eigenvalue weighted by atomic mass is 19.1. The summed E-state index contributed by atoms with van der Waals surface area (Å²) in [5.74, 6) is -0.440. The average molecular weight is 237 g/mol. The topological polar surface area (TPSA) is 29.5 Å². The number of ether oxygens (including phenoxy) is 1. The monoisotopic (exact) mass is 237 g/mol. The van der Waals surface area contributed by atoms with Crippen LogP contribution in [0.4, 0.5) is 10.1 Å². The Hall–Kier alpha value is -1.42. The number of anilines is 1. The molecule has 92 valence electrons. The lowest BCUT2D eigenvalue weighted by atomic mass is 10.1. The molecule has 1 aromatic carbocycles. The zero-order chi connectivity index (χ0) is 12.3. The van der Waals surface area contributed by atoms with E-state index in [4.69, 9.17) is 4.74 Å². The third-order valence-corrected chi connectivity index (χ3v) is 2.90. The van der Waals surface area contributed by atoms with Gasteiger partial charge in [-0.05, 0) is 25.5 Å². The Bertz CT molecular complexity index is 412. The number of Topliss-reactive ketones (excluding diaryl/α,β-unsaturated/α-hetero) is 1. The van der Waals surface area contributed by atoms with Gasteiger partial charge in [-0.3, -0.25) is 4.79 Å². The second-order valence-corrected chi connectivity index (χ2v) is 4.15. The van der Waals surface area contributed by atoms with Gasteiger partial charge in [0, 0.05) is 25.3 Å². The van der Waals surface area contributed by atoms with Crippen molar-refractivity contribution < 1.29 is 13.9 Å². The van der Waals surface area contributed by atoms with Crippen LogP contribution in [0.3, 0.4) is 0 Å². The molecule has 1 aliphatic heterocycles. The third kappa shape index (κ3) is 2.64. The molecule has 0 radical (unpaired) electrons. The van der Waals surface area contributed by atoms with Crippen molar-refractivity contribution in [2.75, 3.05) is 31.2 Å². The van der Waals surface area contributed by atoms with E-state index >= 15 is 0 Å². The van der Waals surface area contributed by atoms with E-state index in [1.807, 2.05) is 4.90 Å². The van der Waals surface area contributed by atoms with Crippen molar-refractivity contribution in [3.63, 3.8) is 0 Å². The molecule has 0 aromatic heterocycles. The van der Waals surface area contributed by atoms with Gasteiger partial charge in [0.15, 0.2) is 5.78 Å². The van der Waals surface area contributed by atoms with Crippen LogP contribution in [0.25, 0.3) is 0 Å². The first kappa shape index (κ1) is 12.0. The summed E-state index contributed by atoms with van der Waals surface area (Å²) < 4.78 is 19.2. The molecule has 1 fully saturated rings. The Morgan fingerprint density at radius 3 is 2.94 bits per heavy atom. The number of para-hydroxylation sites is 1. The van der Waals surface area contributed by atoms with Crippen LogP contribution in [0.1, 0.15) is 23.7 Å². The van der Waals surface area contributed by atoms with Gasteiger partial charge in [-0.15, -0.1) is 0 Å². The third-order valence-electron chi connectivity index (χ3n) is 2.90. The van der Waals surface area contributed by atoms with Gasteiger partial charge in [-0.25, -0.2) is 4.39 Å². The Labute approximate surface area is 100 Å². The van der Waals surface area contributed by atoms with E-state index in [2.05, 4.69) is 0 Å². The Balaban J connectivity index is 2.37. The van der Waals surface area contributed by atoms with Gasteiger partial charge in [-0.2, -0.15) is 0 Å². The fraction of sp³-hybridized carbons (Fsp3) is 0.462. The molecule has 17 heavy (non-hydrogen) atoms. The molecule has 1 heterocycles. The lowest BCUT2D eigenvalue weighted by Crippen LogP contribution is -2.28. The second-order valence-electron chi connectivity index (χ2n) is 4.15. The predicted octanol–water partition coefficient (Wildman–Crippen LogP) is 2.25. The van der Waals surface area contributed by atoms with Crippen molar-refractivity contribution >= 4 is 11.5 Å². The van der Waals surface area contributed by atoms with Crippen molar-refractivity contribution in [3.05, 3.63) is 29.6 Å². The average Bonchev–Trinajstić information content (AvgIpc) is 2.57. The van der Waals surface area contributed by atoms with Crippen LogP contribution >= 0.6 is 0 Å². The molecule has 0 aliphatic carbocycles. The normalized spacial score (nSPS) is 16.7. The summed E-state index contributed by atoms with van der Waals surface area (Å²) in [6.45, 7) is 4.08. The lowest BCUT2D eigenvalue weighted by Gasteiger charge is -2.24. The van der Waals surface area contributed by atoms with E-state index in [9.17, 15) is 9.18 Å². The highest BCUT2D eigenvalue weighted by Gasteiger charge is 2.19. The molecule has 3 nitrogen and oxygen atoms in total. The van der Waals surface area contributed by atoms with E-state index in [-0.39, 0.29) is 11.6 Å². The zero-order valence-electron chi connectivity index (χ0n) is 9.91. The van der Waals surface area contributed by atoms with Gasteiger partial charge in [0.2, 0.25) is 0 Å². The van der Waals surface area contributed by atoms with Gasteiger partial charge in [0.25, 0.3) is 0 Å². The molecule has 1 aliphatic rings. The predicted molar refractivity (Wildman–Crippen MR) is 64.1 cm³/mol. The summed E-state index contributed by atoms with van der Waals surface area (Å²) in [5.41, 5.74) is 0.873. The molecule has 2 rings (SSSR count). The molecule has 0 N–H and O–H groups in total. The minimum atomic E-state index is -0.334. The SMILES string of the molecule is CC(=O)c1cccc(F)c1N1CCCOCC1. The molecular formula is C13H16FNO2. The number of rotatable bonds is 2. The van der Waals surface area contributed by atoms with Crippen LogP contribution in [-0.4, -0.2) is 32.1 Å². The molecule has 0 atom stereocenters. The maximum atomic E-state index is 13.9. The summed E-state index contributed by atoms with van der Waals surface area (Å²) in [5, 5.41) is 0. The van der Waals surface area contributed by atoms with Crippen LogP contribution in [0.2, 0.25) is 0 Å². The minimum absolute atomic E-state index is 0.107. The summed E-state index contributed by atoms with van der Waals surface area (Å²) >= 11 is 0. The number of halogens is 1. The quantitative estimate of drug-likeness (QED) is 0.739. The summed E-state index contributed by atoms with van der Waals surface area (Å²) in [6, 6.07) is 4.64. The summed E-state index contributed by atoms with van der Waals surface area (Å²) in [7, 11) is 0. The molecule has 0 unspecified atom stereocenters. The van der Waals surface area contributed by atoms with E-state index < -0.39 is 0 Å². The van der Waals surface area contributed by atoms with Crippen molar-refractivity contribution in [3.8, 4) is 0 Å². The lowest BCUT2D eigenvalue weighted by molar-refractivity contribution is 0.101. The fourth-order valence-electron chi connectivity index (χ4n) is 2.09. The second kappa shape index (κ2) is 5.27. The van der Waals surface area contributed by atoms with E-state index in [0.29, 0.717) is 31.0 Å². The van der Waals surface area contributed by atoms with E-state index in [1.165, 1.54) is 13.0 Å². The first-order valence-electron chi connectivity index (χ1n) is 5.82. The largest absolute Gasteiger partial charge is 0.380 e. The maximum absolute atomic E-state index is 13.9. The van der Waals surface area contributed by atoms with Crippen molar-refractivity contribution in [2.45, 2.75) is 13.3 Å².